The number of amides is 1. The van der Waals surface area contributed by atoms with Gasteiger partial charge in [0.05, 0.1) is 0 Å². The molecule has 0 heterocycles. The Kier molecular flexibility index (Phi) is 3.19. The molecule has 4 atom stereocenters. The van der Waals surface area contributed by atoms with Crippen molar-refractivity contribution in [2.45, 2.75) is 25.3 Å². The Balaban J connectivity index is 1.95. The lowest BCUT2D eigenvalue weighted by atomic mass is 9.92. The molecule has 0 aliphatic heterocycles. The van der Waals surface area contributed by atoms with Gasteiger partial charge in [-0.3, -0.25) is 4.79 Å². The standard InChI is InChI=1S/C13H15NO3/c1-2-3-11(13(16)17)14-12(15)10-7-8-4-5-9(10)6-8/h1,4-5,8-11H,3,6-7H2,(H,14,15)(H,16,17). The first-order valence-electron chi connectivity index (χ1n) is 5.76. The largest absolute Gasteiger partial charge is 0.480 e. The lowest BCUT2D eigenvalue weighted by Crippen LogP contribution is -2.44. The molecular weight excluding hydrogens is 218 g/mol. The highest BCUT2D eigenvalue weighted by molar-refractivity contribution is 5.85. The molecule has 0 aromatic carbocycles. The van der Waals surface area contributed by atoms with Crippen LogP contribution in [-0.2, 0) is 9.59 Å². The Labute approximate surface area is 100 Å². The predicted molar refractivity (Wildman–Crippen MR) is 61.9 cm³/mol. The third kappa shape index (κ3) is 2.33. The molecule has 1 amide bonds. The van der Waals surface area contributed by atoms with E-state index in [1.165, 1.54) is 0 Å². The second-order valence-electron chi connectivity index (χ2n) is 4.69. The maximum absolute atomic E-state index is 11.9. The zero-order valence-corrected chi connectivity index (χ0v) is 9.43. The molecule has 2 rings (SSSR count). The summed E-state index contributed by atoms with van der Waals surface area (Å²) < 4.78 is 0. The quantitative estimate of drug-likeness (QED) is 0.557. The number of aliphatic carboxylic acids is 1. The van der Waals surface area contributed by atoms with Crippen LogP contribution in [0.5, 0.6) is 0 Å². The molecule has 1 fully saturated rings. The second-order valence-corrected chi connectivity index (χ2v) is 4.69. The van der Waals surface area contributed by atoms with Gasteiger partial charge in [-0.05, 0) is 24.7 Å². The molecule has 90 valence electrons. The van der Waals surface area contributed by atoms with Crippen LogP contribution in [0, 0.1) is 30.1 Å². The number of terminal acetylenes is 1. The van der Waals surface area contributed by atoms with Crippen LogP contribution >= 0.6 is 0 Å². The molecule has 0 saturated heterocycles. The van der Waals surface area contributed by atoms with Gasteiger partial charge in [0.15, 0.2) is 0 Å². The van der Waals surface area contributed by atoms with Crippen LogP contribution in [0.2, 0.25) is 0 Å². The first kappa shape index (κ1) is 11.7. The molecular formula is C13H15NO3. The zero-order chi connectivity index (χ0) is 12.4. The fourth-order valence-electron chi connectivity index (χ4n) is 2.68. The molecule has 0 spiro atoms. The van der Waals surface area contributed by atoms with Gasteiger partial charge in [-0.1, -0.05) is 12.2 Å². The summed E-state index contributed by atoms with van der Waals surface area (Å²) in [5.74, 6) is 1.71. The monoisotopic (exact) mass is 233 g/mol. The average molecular weight is 233 g/mol. The number of nitrogens with one attached hydrogen (secondary N) is 1. The normalized spacial score (nSPS) is 30.9. The van der Waals surface area contributed by atoms with E-state index in [-0.39, 0.29) is 24.2 Å². The Morgan fingerprint density at radius 1 is 1.47 bits per heavy atom. The first-order chi connectivity index (χ1) is 8.11. The van der Waals surface area contributed by atoms with Gasteiger partial charge in [-0.15, -0.1) is 12.3 Å². The maximum Gasteiger partial charge on any atom is 0.327 e. The van der Waals surface area contributed by atoms with Gasteiger partial charge >= 0.3 is 5.97 Å². The molecule has 2 aliphatic carbocycles. The van der Waals surface area contributed by atoms with E-state index in [0.717, 1.165) is 12.8 Å². The number of carbonyl (C=O) groups is 2. The Hall–Kier alpha value is -1.76. The number of rotatable bonds is 4. The van der Waals surface area contributed by atoms with E-state index in [1.54, 1.807) is 0 Å². The number of hydrogen-bond donors (Lipinski definition) is 2. The van der Waals surface area contributed by atoms with E-state index < -0.39 is 12.0 Å². The number of allylic oxidation sites excluding steroid dienone is 2. The smallest absolute Gasteiger partial charge is 0.327 e. The third-order valence-corrected chi connectivity index (χ3v) is 3.55. The van der Waals surface area contributed by atoms with Crippen molar-refractivity contribution < 1.29 is 14.7 Å². The topological polar surface area (TPSA) is 66.4 Å². The van der Waals surface area contributed by atoms with Crippen molar-refractivity contribution in [1.82, 2.24) is 5.32 Å². The van der Waals surface area contributed by atoms with Crippen molar-refractivity contribution in [2.24, 2.45) is 17.8 Å². The summed E-state index contributed by atoms with van der Waals surface area (Å²) in [6.07, 6.45) is 11.2. The van der Waals surface area contributed by atoms with Crippen LogP contribution in [-0.4, -0.2) is 23.0 Å². The van der Waals surface area contributed by atoms with Gasteiger partial charge in [0.25, 0.3) is 0 Å². The van der Waals surface area contributed by atoms with Gasteiger partial charge < -0.3 is 10.4 Å². The molecule has 0 aromatic heterocycles. The first-order valence-corrected chi connectivity index (χ1v) is 5.76. The maximum atomic E-state index is 11.9. The molecule has 4 unspecified atom stereocenters. The van der Waals surface area contributed by atoms with Crippen LogP contribution in [0.15, 0.2) is 12.2 Å². The number of carbonyl (C=O) groups excluding carboxylic acids is 1. The van der Waals surface area contributed by atoms with Crippen LogP contribution in [0.4, 0.5) is 0 Å². The molecule has 0 aromatic rings. The van der Waals surface area contributed by atoms with Crippen molar-refractivity contribution >= 4 is 11.9 Å². The van der Waals surface area contributed by atoms with Gasteiger partial charge in [0, 0.05) is 12.3 Å². The van der Waals surface area contributed by atoms with E-state index in [4.69, 9.17) is 11.5 Å². The highest BCUT2D eigenvalue weighted by Crippen LogP contribution is 2.43. The predicted octanol–water partition coefficient (Wildman–Crippen LogP) is 0.791. The Morgan fingerprint density at radius 2 is 2.24 bits per heavy atom. The van der Waals surface area contributed by atoms with Crippen LogP contribution in [0.3, 0.4) is 0 Å². The lowest BCUT2D eigenvalue weighted by molar-refractivity contribution is -0.142. The summed E-state index contributed by atoms with van der Waals surface area (Å²) >= 11 is 0. The van der Waals surface area contributed by atoms with Crippen molar-refractivity contribution in [2.75, 3.05) is 0 Å². The Bertz CT molecular complexity index is 407. The minimum atomic E-state index is -1.07. The van der Waals surface area contributed by atoms with E-state index in [2.05, 4.69) is 23.4 Å². The minimum Gasteiger partial charge on any atom is -0.480 e. The van der Waals surface area contributed by atoms with E-state index in [0.29, 0.717) is 5.92 Å². The molecule has 2 N–H and O–H groups in total. The molecule has 0 radical (unpaired) electrons. The van der Waals surface area contributed by atoms with Crippen molar-refractivity contribution in [1.29, 1.82) is 0 Å². The minimum absolute atomic E-state index is 0.0255. The van der Waals surface area contributed by atoms with Crippen molar-refractivity contribution in [3.05, 3.63) is 12.2 Å². The number of carboxylic acid groups (broad SMARTS) is 1. The molecule has 2 bridgehead atoms. The summed E-state index contributed by atoms with van der Waals surface area (Å²) in [5.41, 5.74) is 0. The van der Waals surface area contributed by atoms with Crippen LogP contribution < -0.4 is 5.32 Å². The Morgan fingerprint density at radius 3 is 2.71 bits per heavy atom. The number of carboxylic acids is 1. The van der Waals surface area contributed by atoms with Crippen LogP contribution in [0.1, 0.15) is 19.3 Å². The lowest BCUT2D eigenvalue weighted by Gasteiger charge is -2.20. The molecule has 4 nitrogen and oxygen atoms in total. The van der Waals surface area contributed by atoms with Gasteiger partial charge in [0.1, 0.15) is 6.04 Å². The fourth-order valence-corrected chi connectivity index (χ4v) is 2.68. The number of fused-ring (bicyclic) bond motifs is 2. The van der Waals surface area contributed by atoms with E-state index in [1.807, 2.05) is 0 Å². The molecule has 1 saturated carbocycles. The van der Waals surface area contributed by atoms with Gasteiger partial charge in [-0.2, -0.15) is 0 Å². The summed E-state index contributed by atoms with van der Waals surface area (Å²) in [6, 6.07) is -0.962. The SMILES string of the molecule is C#CCC(NC(=O)C1CC2C=CC1C2)C(=O)O. The van der Waals surface area contributed by atoms with Gasteiger partial charge in [0.2, 0.25) is 5.91 Å². The highest BCUT2D eigenvalue weighted by Gasteiger charge is 2.40. The van der Waals surface area contributed by atoms with Crippen molar-refractivity contribution in [3.63, 3.8) is 0 Å². The summed E-state index contributed by atoms with van der Waals surface area (Å²) in [4.78, 5) is 22.8. The van der Waals surface area contributed by atoms with Gasteiger partial charge in [-0.25, -0.2) is 4.79 Å². The highest BCUT2D eigenvalue weighted by atomic mass is 16.4. The van der Waals surface area contributed by atoms with Crippen molar-refractivity contribution in [3.8, 4) is 12.3 Å². The zero-order valence-electron chi connectivity index (χ0n) is 9.43. The second kappa shape index (κ2) is 4.62. The van der Waals surface area contributed by atoms with Crippen LogP contribution in [0.25, 0.3) is 0 Å². The fraction of sp³-hybridized carbons (Fsp3) is 0.538. The van der Waals surface area contributed by atoms with E-state index in [9.17, 15) is 9.59 Å². The summed E-state index contributed by atoms with van der Waals surface area (Å²) in [6.45, 7) is 0. The summed E-state index contributed by atoms with van der Waals surface area (Å²) in [5, 5.41) is 11.4. The molecule has 4 heteroatoms. The van der Waals surface area contributed by atoms with E-state index >= 15 is 0 Å². The third-order valence-electron chi connectivity index (χ3n) is 3.55. The average Bonchev–Trinajstić information content (AvgIpc) is 2.89. The molecule has 2 aliphatic rings. The number of hydrogen-bond acceptors (Lipinski definition) is 2. The molecule has 17 heavy (non-hydrogen) atoms. The summed E-state index contributed by atoms with van der Waals surface area (Å²) in [7, 11) is 0.